The van der Waals surface area contributed by atoms with Crippen molar-refractivity contribution in [1.29, 1.82) is 0 Å². The van der Waals surface area contributed by atoms with E-state index in [1.165, 1.54) is 19.3 Å². The molecule has 114 valence electrons. The molecule has 0 heterocycles. The minimum atomic E-state index is -0.468. The number of hydrogen-bond donors (Lipinski definition) is 1. The molecule has 0 saturated heterocycles. The van der Waals surface area contributed by atoms with Gasteiger partial charge in [-0.25, -0.2) is 4.79 Å². The molecular formula is C15H19NO5. The number of benzene rings is 1. The van der Waals surface area contributed by atoms with Crippen LogP contribution in [0.15, 0.2) is 30.4 Å². The minimum absolute atomic E-state index is 0.133. The second-order valence-corrected chi connectivity index (χ2v) is 4.17. The normalized spacial score (nSPS) is 10.2. The first-order chi connectivity index (χ1) is 10.1. The van der Waals surface area contributed by atoms with E-state index < -0.39 is 5.97 Å². The van der Waals surface area contributed by atoms with Gasteiger partial charge in [0.25, 0.3) is 5.91 Å². The van der Waals surface area contributed by atoms with E-state index in [1.807, 2.05) is 19.1 Å². The van der Waals surface area contributed by atoms with E-state index in [0.717, 1.165) is 5.56 Å². The molecule has 1 aromatic rings. The third kappa shape index (κ3) is 5.99. The van der Waals surface area contributed by atoms with E-state index in [0.29, 0.717) is 11.5 Å². The van der Waals surface area contributed by atoms with Gasteiger partial charge in [0.05, 0.1) is 14.2 Å². The summed E-state index contributed by atoms with van der Waals surface area (Å²) in [5.74, 6) is 0.314. The Kier molecular flexibility index (Phi) is 6.80. The summed E-state index contributed by atoms with van der Waals surface area (Å²) < 4.78 is 15.0. The highest BCUT2D eigenvalue weighted by Gasteiger charge is 2.07. The van der Waals surface area contributed by atoms with Gasteiger partial charge in [-0.2, -0.15) is 0 Å². The van der Waals surface area contributed by atoms with Crippen molar-refractivity contribution in [2.24, 2.45) is 0 Å². The van der Waals surface area contributed by atoms with Crippen molar-refractivity contribution in [1.82, 2.24) is 5.32 Å². The molecule has 6 nitrogen and oxygen atoms in total. The SMILES string of the molecule is COC(=O)/C=C/CNC(=O)COc1ccc(C)cc1OC. The Morgan fingerprint density at radius 3 is 2.67 bits per heavy atom. The molecule has 0 saturated carbocycles. The topological polar surface area (TPSA) is 73.9 Å². The van der Waals surface area contributed by atoms with Crippen LogP contribution in [-0.2, 0) is 14.3 Å². The van der Waals surface area contributed by atoms with Gasteiger partial charge in [-0.15, -0.1) is 0 Å². The number of carbonyl (C=O) groups is 2. The Labute approximate surface area is 123 Å². The number of methoxy groups -OCH3 is 2. The van der Waals surface area contributed by atoms with Crippen molar-refractivity contribution in [3.8, 4) is 11.5 Å². The molecule has 1 N–H and O–H groups in total. The van der Waals surface area contributed by atoms with Gasteiger partial charge in [0.2, 0.25) is 0 Å². The molecule has 0 aliphatic carbocycles. The lowest BCUT2D eigenvalue weighted by Gasteiger charge is -2.10. The van der Waals surface area contributed by atoms with Crippen molar-refractivity contribution in [2.75, 3.05) is 27.4 Å². The van der Waals surface area contributed by atoms with Gasteiger partial charge < -0.3 is 19.5 Å². The van der Waals surface area contributed by atoms with Crippen molar-refractivity contribution in [3.05, 3.63) is 35.9 Å². The highest BCUT2D eigenvalue weighted by Crippen LogP contribution is 2.27. The number of rotatable bonds is 7. The zero-order valence-corrected chi connectivity index (χ0v) is 12.3. The first-order valence-electron chi connectivity index (χ1n) is 6.35. The fourth-order valence-corrected chi connectivity index (χ4v) is 1.48. The Morgan fingerprint density at radius 1 is 1.24 bits per heavy atom. The Bertz CT molecular complexity index is 525. The van der Waals surface area contributed by atoms with Crippen LogP contribution in [0.5, 0.6) is 11.5 Å². The number of aryl methyl sites for hydroxylation is 1. The second-order valence-electron chi connectivity index (χ2n) is 4.17. The zero-order valence-electron chi connectivity index (χ0n) is 12.3. The molecule has 0 spiro atoms. The predicted octanol–water partition coefficient (Wildman–Crippen LogP) is 1.23. The van der Waals surface area contributed by atoms with Crippen LogP contribution in [0.1, 0.15) is 5.56 Å². The lowest BCUT2D eigenvalue weighted by molar-refractivity contribution is -0.134. The maximum Gasteiger partial charge on any atom is 0.330 e. The molecule has 0 unspecified atom stereocenters. The zero-order chi connectivity index (χ0) is 15.7. The number of amides is 1. The molecule has 6 heteroatoms. The smallest absolute Gasteiger partial charge is 0.330 e. The minimum Gasteiger partial charge on any atom is -0.493 e. The van der Waals surface area contributed by atoms with Gasteiger partial charge >= 0.3 is 5.97 Å². The van der Waals surface area contributed by atoms with Gasteiger partial charge in [-0.1, -0.05) is 12.1 Å². The number of carbonyl (C=O) groups excluding carboxylic acids is 2. The van der Waals surface area contributed by atoms with E-state index in [4.69, 9.17) is 9.47 Å². The predicted molar refractivity (Wildman–Crippen MR) is 77.4 cm³/mol. The van der Waals surface area contributed by atoms with Gasteiger partial charge in [-0.05, 0) is 24.6 Å². The average molecular weight is 293 g/mol. The van der Waals surface area contributed by atoms with Crippen LogP contribution in [0.4, 0.5) is 0 Å². The molecule has 0 bridgehead atoms. The van der Waals surface area contributed by atoms with Crippen LogP contribution in [-0.4, -0.2) is 39.2 Å². The highest BCUT2D eigenvalue weighted by molar-refractivity contribution is 5.82. The summed E-state index contributed by atoms with van der Waals surface area (Å²) >= 11 is 0. The molecular weight excluding hydrogens is 274 g/mol. The first kappa shape index (κ1) is 16.6. The van der Waals surface area contributed by atoms with Crippen molar-refractivity contribution < 1.29 is 23.8 Å². The average Bonchev–Trinajstić information content (AvgIpc) is 2.49. The Balaban J connectivity index is 2.40. The van der Waals surface area contributed by atoms with Crippen LogP contribution in [0.25, 0.3) is 0 Å². The maximum atomic E-state index is 11.6. The summed E-state index contributed by atoms with van der Waals surface area (Å²) in [7, 11) is 2.83. The molecule has 0 aliphatic rings. The van der Waals surface area contributed by atoms with Crippen molar-refractivity contribution in [3.63, 3.8) is 0 Å². The molecule has 0 radical (unpaired) electrons. The third-order valence-corrected chi connectivity index (χ3v) is 2.55. The fourth-order valence-electron chi connectivity index (χ4n) is 1.48. The van der Waals surface area contributed by atoms with Crippen molar-refractivity contribution in [2.45, 2.75) is 6.92 Å². The van der Waals surface area contributed by atoms with E-state index in [-0.39, 0.29) is 19.1 Å². The molecule has 1 rings (SSSR count). The summed E-state index contributed by atoms with van der Waals surface area (Å²) in [4.78, 5) is 22.4. The first-order valence-corrected chi connectivity index (χ1v) is 6.35. The number of nitrogens with one attached hydrogen (secondary N) is 1. The van der Waals surface area contributed by atoms with Gasteiger partial charge in [0.1, 0.15) is 0 Å². The fraction of sp³-hybridized carbons (Fsp3) is 0.333. The molecule has 1 aromatic carbocycles. The van der Waals surface area contributed by atoms with Gasteiger partial charge in [0.15, 0.2) is 18.1 Å². The summed E-state index contributed by atoms with van der Waals surface area (Å²) in [6, 6.07) is 5.44. The van der Waals surface area contributed by atoms with E-state index in [1.54, 1.807) is 13.2 Å². The summed E-state index contributed by atoms with van der Waals surface area (Å²) in [5, 5.41) is 2.58. The van der Waals surface area contributed by atoms with Crippen LogP contribution >= 0.6 is 0 Å². The molecule has 1 amide bonds. The lowest BCUT2D eigenvalue weighted by atomic mass is 10.2. The molecule has 0 aliphatic heterocycles. The van der Waals surface area contributed by atoms with Crippen LogP contribution in [0.2, 0.25) is 0 Å². The highest BCUT2D eigenvalue weighted by atomic mass is 16.5. The van der Waals surface area contributed by atoms with Crippen LogP contribution in [0, 0.1) is 6.92 Å². The number of esters is 1. The second kappa shape index (κ2) is 8.63. The molecule has 0 aromatic heterocycles. The standard InChI is InChI=1S/C15H19NO5/c1-11-6-7-12(13(9-11)19-2)21-10-14(17)16-8-4-5-15(18)20-3/h4-7,9H,8,10H2,1-3H3,(H,16,17)/b5-4+. The maximum absolute atomic E-state index is 11.6. The van der Waals surface area contributed by atoms with E-state index in [9.17, 15) is 9.59 Å². The Hall–Kier alpha value is -2.50. The molecule has 21 heavy (non-hydrogen) atoms. The lowest BCUT2D eigenvalue weighted by Crippen LogP contribution is -2.29. The largest absolute Gasteiger partial charge is 0.493 e. The third-order valence-electron chi connectivity index (χ3n) is 2.55. The van der Waals surface area contributed by atoms with Gasteiger partial charge in [-0.3, -0.25) is 4.79 Å². The Morgan fingerprint density at radius 2 is 2.00 bits per heavy atom. The van der Waals surface area contributed by atoms with Crippen LogP contribution < -0.4 is 14.8 Å². The van der Waals surface area contributed by atoms with E-state index >= 15 is 0 Å². The summed E-state index contributed by atoms with van der Waals surface area (Å²) in [6.07, 6.45) is 2.74. The molecule has 0 fully saturated rings. The number of ether oxygens (including phenoxy) is 3. The van der Waals surface area contributed by atoms with Crippen LogP contribution in [0.3, 0.4) is 0 Å². The quantitative estimate of drug-likeness (QED) is 0.604. The summed E-state index contributed by atoms with van der Waals surface area (Å²) in [6.45, 7) is 2.03. The number of hydrogen-bond acceptors (Lipinski definition) is 5. The monoisotopic (exact) mass is 293 g/mol. The van der Waals surface area contributed by atoms with Crippen molar-refractivity contribution >= 4 is 11.9 Å². The van der Waals surface area contributed by atoms with Gasteiger partial charge in [0, 0.05) is 12.6 Å². The molecule has 0 atom stereocenters. The summed E-state index contributed by atoms with van der Waals surface area (Å²) in [5.41, 5.74) is 1.04. The van der Waals surface area contributed by atoms with E-state index in [2.05, 4.69) is 10.1 Å².